The van der Waals surface area contributed by atoms with Gasteiger partial charge < -0.3 is 0 Å². The molecule has 1 aromatic heterocycles. The highest BCUT2D eigenvalue weighted by atomic mass is 19.4. The molecule has 0 saturated carbocycles. The first-order valence-electron chi connectivity index (χ1n) is 4.87. The third kappa shape index (κ3) is 4.19. The summed E-state index contributed by atoms with van der Waals surface area (Å²) < 4.78 is 37.0. The molecule has 0 saturated heterocycles. The average Bonchev–Trinajstić information content (AvgIpc) is 2.52. The number of hydrogen-bond donors (Lipinski definition) is 1. The van der Waals surface area contributed by atoms with Gasteiger partial charge >= 0.3 is 6.18 Å². The standard InChI is InChI=1S/C9H14F3N3O/c1-3-15-8(4-7(2)14-15)5-13-16-6-9(10,11)12/h4,13H,3,5-6H2,1-2H3. The minimum atomic E-state index is -4.31. The smallest absolute Gasteiger partial charge is 0.292 e. The van der Waals surface area contributed by atoms with E-state index < -0.39 is 12.8 Å². The van der Waals surface area contributed by atoms with Gasteiger partial charge in [-0.1, -0.05) is 0 Å². The Bertz CT molecular complexity index is 335. The zero-order valence-corrected chi connectivity index (χ0v) is 9.14. The number of hydroxylamine groups is 1. The summed E-state index contributed by atoms with van der Waals surface area (Å²) >= 11 is 0. The zero-order valence-electron chi connectivity index (χ0n) is 9.14. The van der Waals surface area contributed by atoms with Crippen LogP contribution in [0.4, 0.5) is 13.2 Å². The second kappa shape index (κ2) is 5.31. The van der Waals surface area contributed by atoms with E-state index in [1.807, 2.05) is 13.8 Å². The lowest BCUT2D eigenvalue weighted by molar-refractivity contribution is -0.190. The van der Waals surface area contributed by atoms with Crippen LogP contribution in [0.15, 0.2) is 6.07 Å². The van der Waals surface area contributed by atoms with Crippen LogP contribution in [0.3, 0.4) is 0 Å². The fourth-order valence-electron chi connectivity index (χ4n) is 1.27. The molecular weight excluding hydrogens is 223 g/mol. The fraction of sp³-hybridized carbons (Fsp3) is 0.667. The Morgan fingerprint density at radius 3 is 2.75 bits per heavy atom. The molecule has 7 heteroatoms. The molecule has 0 unspecified atom stereocenters. The van der Waals surface area contributed by atoms with E-state index in [1.165, 1.54) is 0 Å². The van der Waals surface area contributed by atoms with E-state index in [9.17, 15) is 13.2 Å². The molecule has 1 heterocycles. The average molecular weight is 237 g/mol. The largest absolute Gasteiger partial charge is 0.413 e. The van der Waals surface area contributed by atoms with Crippen molar-refractivity contribution in [2.45, 2.75) is 33.1 Å². The van der Waals surface area contributed by atoms with E-state index in [0.29, 0.717) is 6.54 Å². The Morgan fingerprint density at radius 2 is 2.19 bits per heavy atom. The maximum atomic E-state index is 11.7. The number of nitrogens with zero attached hydrogens (tertiary/aromatic N) is 2. The molecule has 92 valence electrons. The van der Waals surface area contributed by atoms with E-state index in [-0.39, 0.29) is 6.54 Å². The SMILES string of the molecule is CCn1nc(C)cc1CNOCC(F)(F)F. The minimum absolute atomic E-state index is 0.199. The molecule has 0 aromatic carbocycles. The summed E-state index contributed by atoms with van der Waals surface area (Å²) in [5.41, 5.74) is 3.89. The van der Waals surface area contributed by atoms with Crippen LogP contribution < -0.4 is 5.48 Å². The fourth-order valence-corrected chi connectivity index (χ4v) is 1.27. The van der Waals surface area contributed by atoms with Gasteiger partial charge in [-0.05, 0) is 19.9 Å². The Labute approximate surface area is 91.3 Å². The summed E-state index contributed by atoms with van der Waals surface area (Å²) in [6.07, 6.45) is -4.31. The number of halogens is 3. The van der Waals surface area contributed by atoms with Crippen LogP contribution in [-0.2, 0) is 17.9 Å². The summed E-state index contributed by atoms with van der Waals surface area (Å²) in [6.45, 7) is 3.31. The zero-order chi connectivity index (χ0) is 12.2. The van der Waals surface area contributed by atoms with Crippen molar-refractivity contribution in [1.82, 2.24) is 15.3 Å². The maximum absolute atomic E-state index is 11.7. The summed E-state index contributed by atoms with van der Waals surface area (Å²) in [5, 5.41) is 4.16. The number of hydrogen-bond acceptors (Lipinski definition) is 3. The number of aromatic nitrogens is 2. The molecule has 0 aliphatic carbocycles. The number of nitrogens with one attached hydrogen (secondary N) is 1. The van der Waals surface area contributed by atoms with E-state index >= 15 is 0 Å². The van der Waals surface area contributed by atoms with Crippen LogP contribution in [0.5, 0.6) is 0 Å². The van der Waals surface area contributed by atoms with Gasteiger partial charge in [0, 0.05) is 6.54 Å². The Balaban J connectivity index is 2.37. The minimum Gasteiger partial charge on any atom is -0.292 e. The topological polar surface area (TPSA) is 39.1 Å². The van der Waals surface area contributed by atoms with Gasteiger partial charge in [0.05, 0.1) is 17.9 Å². The summed E-state index contributed by atoms with van der Waals surface area (Å²) in [4.78, 5) is 4.29. The highest BCUT2D eigenvalue weighted by Gasteiger charge is 2.27. The molecule has 0 atom stereocenters. The molecule has 0 aliphatic heterocycles. The monoisotopic (exact) mass is 237 g/mol. The van der Waals surface area contributed by atoms with Gasteiger partial charge in [0.15, 0.2) is 6.61 Å². The summed E-state index contributed by atoms with van der Waals surface area (Å²) in [5.74, 6) is 0. The molecule has 1 rings (SSSR count). The number of alkyl halides is 3. The first kappa shape index (κ1) is 13.0. The van der Waals surface area contributed by atoms with Gasteiger partial charge in [0.1, 0.15) is 0 Å². The molecule has 0 fully saturated rings. The molecule has 0 bridgehead atoms. The van der Waals surface area contributed by atoms with Crippen LogP contribution in [0.2, 0.25) is 0 Å². The van der Waals surface area contributed by atoms with Crippen molar-refractivity contribution in [3.8, 4) is 0 Å². The van der Waals surface area contributed by atoms with E-state index in [0.717, 1.165) is 11.4 Å². The molecule has 0 aliphatic rings. The van der Waals surface area contributed by atoms with Crippen molar-refractivity contribution < 1.29 is 18.0 Å². The van der Waals surface area contributed by atoms with Crippen molar-refractivity contribution in [3.63, 3.8) is 0 Å². The van der Waals surface area contributed by atoms with Gasteiger partial charge in [0.2, 0.25) is 0 Å². The van der Waals surface area contributed by atoms with Crippen LogP contribution in [0, 0.1) is 6.92 Å². The van der Waals surface area contributed by atoms with Gasteiger partial charge in [-0.2, -0.15) is 23.8 Å². The Hall–Kier alpha value is -1.08. The maximum Gasteiger partial charge on any atom is 0.413 e. The van der Waals surface area contributed by atoms with E-state index in [2.05, 4.69) is 15.4 Å². The van der Waals surface area contributed by atoms with E-state index in [1.54, 1.807) is 10.7 Å². The third-order valence-electron chi connectivity index (χ3n) is 1.88. The van der Waals surface area contributed by atoms with Crippen LogP contribution in [-0.4, -0.2) is 22.6 Å². The second-order valence-electron chi connectivity index (χ2n) is 3.32. The lowest BCUT2D eigenvalue weighted by Gasteiger charge is -2.09. The molecule has 0 spiro atoms. The first-order chi connectivity index (χ1) is 7.42. The number of rotatable bonds is 5. The molecule has 0 amide bonds. The molecule has 1 N–H and O–H groups in total. The highest BCUT2D eigenvalue weighted by Crippen LogP contribution is 2.13. The molecular formula is C9H14F3N3O. The number of aryl methyl sites for hydroxylation is 2. The third-order valence-corrected chi connectivity index (χ3v) is 1.88. The molecule has 16 heavy (non-hydrogen) atoms. The summed E-state index contributed by atoms with van der Waals surface area (Å²) in [7, 11) is 0. The predicted molar refractivity (Wildman–Crippen MR) is 51.5 cm³/mol. The normalized spacial score (nSPS) is 12.1. The van der Waals surface area contributed by atoms with Crippen LogP contribution in [0.25, 0.3) is 0 Å². The Morgan fingerprint density at radius 1 is 1.50 bits per heavy atom. The van der Waals surface area contributed by atoms with E-state index in [4.69, 9.17) is 0 Å². The Kier molecular flexibility index (Phi) is 4.31. The van der Waals surface area contributed by atoms with Crippen molar-refractivity contribution >= 4 is 0 Å². The predicted octanol–water partition coefficient (Wildman–Crippen LogP) is 1.79. The lowest BCUT2D eigenvalue weighted by Crippen LogP contribution is -2.25. The summed E-state index contributed by atoms with van der Waals surface area (Å²) in [6, 6.07) is 1.80. The quantitative estimate of drug-likeness (QED) is 0.627. The van der Waals surface area contributed by atoms with Gasteiger partial charge in [-0.15, -0.1) is 0 Å². The molecule has 0 radical (unpaired) electrons. The molecule has 1 aromatic rings. The second-order valence-corrected chi connectivity index (χ2v) is 3.32. The first-order valence-corrected chi connectivity index (χ1v) is 4.87. The van der Waals surface area contributed by atoms with Crippen molar-refractivity contribution in [1.29, 1.82) is 0 Å². The lowest BCUT2D eigenvalue weighted by atomic mass is 10.4. The molecule has 4 nitrogen and oxygen atoms in total. The van der Waals surface area contributed by atoms with Crippen LogP contribution in [0.1, 0.15) is 18.3 Å². The van der Waals surface area contributed by atoms with Crippen molar-refractivity contribution in [2.24, 2.45) is 0 Å². The highest BCUT2D eigenvalue weighted by molar-refractivity contribution is 5.08. The van der Waals surface area contributed by atoms with Gasteiger partial charge in [0.25, 0.3) is 0 Å². The van der Waals surface area contributed by atoms with Gasteiger partial charge in [-0.3, -0.25) is 9.52 Å². The van der Waals surface area contributed by atoms with Crippen LogP contribution >= 0.6 is 0 Å². The van der Waals surface area contributed by atoms with Gasteiger partial charge in [-0.25, -0.2) is 0 Å². The van der Waals surface area contributed by atoms with Crippen molar-refractivity contribution in [2.75, 3.05) is 6.61 Å². The van der Waals surface area contributed by atoms with Crippen molar-refractivity contribution in [3.05, 3.63) is 17.5 Å².